The number of ketones is 1. The summed E-state index contributed by atoms with van der Waals surface area (Å²) in [6.45, 7) is 5.14. The number of hydrogen-bond donors (Lipinski definition) is 3. The van der Waals surface area contributed by atoms with Gasteiger partial charge in [-0.2, -0.15) is 0 Å². The summed E-state index contributed by atoms with van der Waals surface area (Å²) in [5.41, 5.74) is 11.8. The van der Waals surface area contributed by atoms with Gasteiger partial charge >= 0.3 is 0 Å². The van der Waals surface area contributed by atoms with Crippen LogP contribution >= 0.6 is 0 Å². The van der Waals surface area contributed by atoms with E-state index in [2.05, 4.69) is 6.58 Å². The molecule has 5 heteroatoms. The molecule has 0 spiro atoms. The molecule has 0 heterocycles. The van der Waals surface area contributed by atoms with Crippen LogP contribution in [0, 0.1) is 0 Å². The van der Waals surface area contributed by atoms with E-state index in [-0.39, 0.29) is 18.0 Å². The zero-order chi connectivity index (χ0) is 13.9. The molecule has 0 saturated heterocycles. The fourth-order valence-electron chi connectivity index (χ4n) is 1.52. The quantitative estimate of drug-likeness (QED) is 0.521. The van der Waals surface area contributed by atoms with Gasteiger partial charge in [-0.15, -0.1) is 0 Å². The summed E-state index contributed by atoms with van der Waals surface area (Å²) < 4.78 is 0. The highest BCUT2D eigenvalue weighted by molar-refractivity contribution is 6.09. The van der Waals surface area contributed by atoms with Crippen LogP contribution in [0.1, 0.15) is 22.8 Å². The maximum atomic E-state index is 11.9. The van der Waals surface area contributed by atoms with Crippen molar-refractivity contribution in [2.45, 2.75) is 19.4 Å². The average molecular weight is 248 g/mol. The normalized spacial score (nSPS) is 11.9. The van der Waals surface area contributed by atoms with Crippen LogP contribution in [-0.2, 0) is 11.2 Å². The van der Waals surface area contributed by atoms with Crippen molar-refractivity contribution in [2.75, 3.05) is 0 Å². The lowest BCUT2D eigenvalue weighted by atomic mass is 9.95. The molecule has 5 nitrogen and oxygen atoms in total. The van der Waals surface area contributed by atoms with Crippen LogP contribution in [0.25, 0.3) is 0 Å². The van der Waals surface area contributed by atoms with Gasteiger partial charge in [-0.25, -0.2) is 0 Å². The molecule has 1 rings (SSSR count). The van der Waals surface area contributed by atoms with E-state index in [1.807, 2.05) is 0 Å². The van der Waals surface area contributed by atoms with Gasteiger partial charge in [-0.1, -0.05) is 12.6 Å². The minimum absolute atomic E-state index is 0.0315. The van der Waals surface area contributed by atoms with E-state index in [1.165, 1.54) is 12.1 Å². The predicted molar refractivity (Wildman–Crippen MR) is 68.1 cm³/mol. The van der Waals surface area contributed by atoms with Gasteiger partial charge in [-0.3, -0.25) is 9.59 Å². The molecule has 1 amide bonds. The Bertz CT molecular complexity index is 509. The number of allylic oxidation sites excluding steroid dienone is 1. The van der Waals surface area contributed by atoms with Crippen molar-refractivity contribution in [2.24, 2.45) is 11.5 Å². The average Bonchev–Trinajstić information content (AvgIpc) is 2.30. The summed E-state index contributed by atoms with van der Waals surface area (Å²) in [5, 5.41) is 9.41. The second-order valence-electron chi connectivity index (χ2n) is 4.16. The Hall–Kier alpha value is -2.14. The molecule has 1 atom stereocenters. The van der Waals surface area contributed by atoms with Crippen LogP contribution in [0.3, 0.4) is 0 Å². The lowest BCUT2D eigenvalue weighted by molar-refractivity contribution is -0.119. The summed E-state index contributed by atoms with van der Waals surface area (Å²) in [5.74, 6) is -0.967. The largest absolute Gasteiger partial charge is 0.508 e. The van der Waals surface area contributed by atoms with Gasteiger partial charge in [0.25, 0.3) is 0 Å². The SMILES string of the molecule is C=C(C)C(=O)c1cc(O)ccc1C[C@H](N)C(N)=O. The molecule has 1 aromatic rings. The molecule has 0 aliphatic carbocycles. The van der Waals surface area contributed by atoms with E-state index < -0.39 is 11.9 Å². The number of nitrogens with two attached hydrogens (primary N) is 2. The number of aromatic hydroxyl groups is 1. The third-order valence-electron chi connectivity index (χ3n) is 2.53. The van der Waals surface area contributed by atoms with E-state index in [4.69, 9.17) is 11.5 Å². The number of primary amides is 1. The maximum absolute atomic E-state index is 11.9. The monoisotopic (exact) mass is 248 g/mol. The van der Waals surface area contributed by atoms with Gasteiger partial charge in [-0.05, 0) is 36.6 Å². The standard InChI is InChI=1S/C13H16N2O3/c1-7(2)12(17)10-6-9(16)4-3-8(10)5-11(14)13(15)18/h3-4,6,11,16H,1,5,14H2,2H3,(H2,15,18)/t11-/m0/s1. The minimum Gasteiger partial charge on any atom is -0.508 e. The second kappa shape index (κ2) is 5.46. The Kier molecular flexibility index (Phi) is 4.23. The molecule has 0 unspecified atom stereocenters. The van der Waals surface area contributed by atoms with E-state index in [0.717, 1.165) is 0 Å². The van der Waals surface area contributed by atoms with E-state index >= 15 is 0 Å². The molecule has 96 valence electrons. The van der Waals surface area contributed by atoms with E-state index in [9.17, 15) is 14.7 Å². The summed E-state index contributed by atoms with van der Waals surface area (Å²) in [6, 6.07) is 3.44. The van der Waals surface area contributed by atoms with Gasteiger partial charge in [0.2, 0.25) is 5.91 Å². The van der Waals surface area contributed by atoms with Crippen LogP contribution in [0.4, 0.5) is 0 Å². The van der Waals surface area contributed by atoms with Crippen molar-refractivity contribution in [1.82, 2.24) is 0 Å². The Morgan fingerprint density at radius 1 is 1.44 bits per heavy atom. The molecular weight excluding hydrogens is 232 g/mol. The summed E-state index contributed by atoms with van der Waals surface area (Å²) in [4.78, 5) is 22.8. The highest BCUT2D eigenvalue weighted by Crippen LogP contribution is 2.20. The minimum atomic E-state index is -0.869. The van der Waals surface area contributed by atoms with Gasteiger partial charge in [0, 0.05) is 5.56 Å². The zero-order valence-corrected chi connectivity index (χ0v) is 10.1. The molecule has 0 radical (unpaired) electrons. The lowest BCUT2D eigenvalue weighted by Gasteiger charge is -2.12. The van der Waals surface area contributed by atoms with Crippen LogP contribution in [-0.4, -0.2) is 22.8 Å². The van der Waals surface area contributed by atoms with E-state index in [1.54, 1.807) is 13.0 Å². The Morgan fingerprint density at radius 2 is 2.06 bits per heavy atom. The fourth-order valence-corrected chi connectivity index (χ4v) is 1.52. The smallest absolute Gasteiger partial charge is 0.234 e. The second-order valence-corrected chi connectivity index (χ2v) is 4.16. The first-order valence-corrected chi connectivity index (χ1v) is 5.40. The topological polar surface area (TPSA) is 106 Å². The van der Waals surface area contributed by atoms with Gasteiger partial charge in [0.05, 0.1) is 6.04 Å². The zero-order valence-electron chi connectivity index (χ0n) is 10.1. The first-order valence-electron chi connectivity index (χ1n) is 5.40. The van der Waals surface area contributed by atoms with Crippen LogP contribution in [0.15, 0.2) is 30.4 Å². The van der Waals surface area contributed by atoms with Crippen molar-refractivity contribution in [3.05, 3.63) is 41.5 Å². The molecular formula is C13H16N2O3. The number of Topliss-reactive ketones (excluding diaryl/α,β-unsaturated/α-hetero) is 1. The van der Waals surface area contributed by atoms with Crippen molar-refractivity contribution in [3.8, 4) is 5.75 Å². The Labute approximate surface area is 105 Å². The van der Waals surface area contributed by atoms with Crippen molar-refractivity contribution < 1.29 is 14.7 Å². The number of rotatable bonds is 5. The van der Waals surface area contributed by atoms with E-state index in [0.29, 0.717) is 16.7 Å². The Morgan fingerprint density at radius 3 is 2.56 bits per heavy atom. The lowest BCUT2D eigenvalue weighted by Crippen LogP contribution is -2.38. The van der Waals surface area contributed by atoms with Crippen molar-refractivity contribution in [3.63, 3.8) is 0 Å². The third-order valence-corrected chi connectivity index (χ3v) is 2.53. The maximum Gasteiger partial charge on any atom is 0.234 e. The number of phenolic OH excluding ortho intramolecular Hbond substituents is 1. The van der Waals surface area contributed by atoms with Gasteiger partial charge in [0.1, 0.15) is 5.75 Å². The van der Waals surface area contributed by atoms with Crippen molar-refractivity contribution >= 4 is 11.7 Å². The number of carbonyl (C=O) groups is 2. The third kappa shape index (κ3) is 3.18. The van der Waals surface area contributed by atoms with Gasteiger partial charge < -0.3 is 16.6 Å². The van der Waals surface area contributed by atoms with Gasteiger partial charge in [0.15, 0.2) is 5.78 Å². The highest BCUT2D eigenvalue weighted by atomic mass is 16.3. The number of phenols is 1. The molecule has 0 bridgehead atoms. The fraction of sp³-hybridized carbons (Fsp3) is 0.231. The molecule has 0 aliphatic heterocycles. The number of carbonyl (C=O) groups excluding carboxylic acids is 2. The molecule has 0 saturated carbocycles. The molecule has 0 aliphatic rings. The molecule has 5 N–H and O–H groups in total. The summed E-state index contributed by atoms with van der Waals surface area (Å²) in [6.07, 6.45) is 0.143. The summed E-state index contributed by atoms with van der Waals surface area (Å²) in [7, 11) is 0. The van der Waals surface area contributed by atoms with Crippen LogP contribution in [0.2, 0.25) is 0 Å². The molecule has 1 aromatic carbocycles. The predicted octanol–water partition coefficient (Wildman–Crippen LogP) is 0.506. The molecule has 18 heavy (non-hydrogen) atoms. The molecule has 0 fully saturated rings. The molecule has 0 aromatic heterocycles. The Balaban J connectivity index is 3.15. The van der Waals surface area contributed by atoms with Crippen LogP contribution < -0.4 is 11.5 Å². The first-order chi connectivity index (χ1) is 8.32. The highest BCUT2D eigenvalue weighted by Gasteiger charge is 2.17. The number of hydrogen-bond acceptors (Lipinski definition) is 4. The van der Waals surface area contributed by atoms with Crippen molar-refractivity contribution in [1.29, 1.82) is 0 Å². The summed E-state index contributed by atoms with van der Waals surface area (Å²) >= 11 is 0. The number of amides is 1. The number of benzene rings is 1. The van der Waals surface area contributed by atoms with Crippen LogP contribution in [0.5, 0.6) is 5.75 Å². The first kappa shape index (κ1) is 13.9.